The molecular formula is C24H24N2O3. The van der Waals surface area contributed by atoms with E-state index in [1.165, 1.54) is 5.56 Å². The average molecular weight is 388 g/mol. The molecule has 0 fully saturated rings. The van der Waals surface area contributed by atoms with Gasteiger partial charge in [-0.15, -0.1) is 0 Å². The summed E-state index contributed by atoms with van der Waals surface area (Å²) < 4.78 is 19.0. The van der Waals surface area contributed by atoms with Gasteiger partial charge in [-0.1, -0.05) is 24.3 Å². The highest BCUT2D eigenvalue weighted by Gasteiger charge is 2.15. The monoisotopic (exact) mass is 388 g/mol. The molecule has 0 unspecified atom stereocenters. The van der Waals surface area contributed by atoms with Gasteiger partial charge in [0.1, 0.15) is 18.2 Å². The van der Waals surface area contributed by atoms with E-state index in [0.29, 0.717) is 24.7 Å². The van der Waals surface area contributed by atoms with E-state index in [1.54, 1.807) is 14.2 Å². The summed E-state index contributed by atoms with van der Waals surface area (Å²) in [6.45, 7) is 3.29. The summed E-state index contributed by atoms with van der Waals surface area (Å²) in [4.78, 5) is 4.86. The minimum atomic E-state index is 0.546. The Bertz CT molecular complexity index is 1130. The molecule has 148 valence electrons. The quantitative estimate of drug-likeness (QED) is 0.441. The predicted molar refractivity (Wildman–Crippen MR) is 115 cm³/mol. The minimum absolute atomic E-state index is 0.546. The maximum absolute atomic E-state index is 5.99. The summed E-state index contributed by atoms with van der Waals surface area (Å²) in [5, 5.41) is 0. The van der Waals surface area contributed by atoms with Crippen molar-refractivity contribution in [3.05, 3.63) is 72.3 Å². The van der Waals surface area contributed by atoms with Crippen molar-refractivity contribution in [1.29, 1.82) is 0 Å². The van der Waals surface area contributed by atoms with Gasteiger partial charge in [-0.25, -0.2) is 4.98 Å². The highest BCUT2D eigenvalue weighted by atomic mass is 16.5. The molecule has 4 rings (SSSR count). The molecule has 3 aromatic carbocycles. The molecule has 1 heterocycles. The van der Waals surface area contributed by atoms with E-state index in [1.807, 2.05) is 54.6 Å². The van der Waals surface area contributed by atoms with Gasteiger partial charge in [-0.2, -0.15) is 0 Å². The normalized spacial score (nSPS) is 10.9. The van der Waals surface area contributed by atoms with Crippen LogP contribution in [0.4, 0.5) is 0 Å². The molecular weight excluding hydrogens is 364 g/mol. The summed E-state index contributed by atoms with van der Waals surface area (Å²) in [6.07, 6.45) is 0. The van der Waals surface area contributed by atoms with Gasteiger partial charge >= 0.3 is 0 Å². The summed E-state index contributed by atoms with van der Waals surface area (Å²) in [5.74, 6) is 3.13. The number of hydrogen-bond donors (Lipinski definition) is 0. The van der Waals surface area contributed by atoms with Gasteiger partial charge in [0.05, 0.1) is 31.8 Å². The van der Waals surface area contributed by atoms with Crippen LogP contribution < -0.4 is 14.2 Å². The number of benzene rings is 3. The van der Waals surface area contributed by atoms with E-state index in [-0.39, 0.29) is 0 Å². The molecule has 0 aliphatic rings. The fourth-order valence-electron chi connectivity index (χ4n) is 3.46. The van der Waals surface area contributed by atoms with Crippen LogP contribution in [-0.2, 0) is 6.54 Å². The molecule has 29 heavy (non-hydrogen) atoms. The summed E-state index contributed by atoms with van der Waals surface area (Å²) in [7, 11) is 3.27. The summed E-state index contributed by atoms with van der Waals surface area (Å²) >= 11 is 0. The van der Waals surface area contributed by atoms with Gasteiger partial charge in [0.2, 0.25) is 0 Å². The zero-order chi connectivity index (χ0) is 20.2. The van der Waals surface area contributed by atoms with Crippen LogP contribution in [0.25, 0.3) is 22.4 Å². The number of rotatable bonds is 7. The standard InChI is InChI=1S/C24H24N2O3/c1-17-7-6-8-19(15-17)29-14-13-26-21-10-5-4-9-20(21)25-24(26)18-11-12-22(27-2)23(16-18)28-3/h4-12,15-16H,13-14H2,1-3H3. The highest BCUT2D eigenvalue weighted by molar-refractivity contribution is 5.81. The minimum Gasteiger partial charge on any atom is -0.493 e. The van der Waals surface area contributed by atoms with Crippen LogP contribution in [0.1, 0.15) is 5.56 Å². The van der Waals surface area contributed by atoms with Crippen LogP contribution in [0.3, 0.4) is 0 Å². The first kappa shape index (κ1) is 18.9. The number of hydrogen-bond acceptors (Lipinski definition) is 4. The maximum Gasteiger partial charge on any atom is 0.161 e. The zero-order valence-electron chi connectivity index (χ0n) is 16.9. The van der Waals surface area contributed by atoms with Crippen molar-refractivity contribution < 1.29 is 14.2 Å². The second kappa shape index (κ2) is 8.27. The number of ether oxygens (including phenoxy) is 3. The lowest BCUT2D eigenvalue weighted by molar-refractivity contribution is 0.300. The second-order valence-corrected chi connectivity index (χ2v) is 6.81. The van der Waals surface area contributed by atoms with Crippen LogP contribution in [0.15, 0.2) is 66.7 Å². The van der Waals surface area contributed by atoms with E-state index < -0.39 is 0 Å². The number of aryl methyl sites for hydroxylation is 1. The number of aromatic nitrogens is 2. The number of imidazole rings is 1. The fourth-order valence-corrected chi connectivity index (χ4v) is 3.46. The van der Waals surface area contributed by atoms with Gasteiger partial charge < -0.3 is 18.8 Å². The van der Waals surface area contributed by atoms with Crippen LogP contribution in [-0.4, -0.2) is 30.4 Å². The van der Waals surface area contributed by atoms with Crippen LogP contribution >= 0.6 is 0 Å². The lowest BCUT2D eigenvalue weighted by atomic mass is 10.2. The van der Waals surface area contributed by atoms with E-state index >= 15 is 0 Å². The van der Waals surface area contributed by atoms with E-state index in [0.717, 1.165) is 28.2 Å². The summed E-state index contributed by atoms with van der Waals surface area (Å²) in [6, 6.07) is 22.1. The lowest BCUT2D eigenvalue weighted by Crippen LogP contribution is -2.09. The average Bonchev–Trinajstić information content (AvgIpc) is 3.12. The Morgan fingerprint density at radius 3 is 2.48 bits per heavy atom. The number of para-hydroxylation sites is 2. The third-order valence-electron chi connectivity index (χ3n) is 4.87. The van der Waals surface area contributed by atoms with Crippen molar-refractivity contribution >= 4 is 11.0 Å². The molecule has 4 aromatic rings. The topological polar surface area (TPSA) is 45.5 Å². The fraction of sp³-hybridized carbons (Fsp3) is 0.208. The predicted octanol–water partition coefficient (Wildman–Crippen LogP) is 5.11. The molecule has 0 atom stereocenters. The van der Waals surface area contributed by atoms with Crippen molar-refractivity contribution in [2.75, 3.05) is 20.8 Å². The van der Waals surface area contributed by atoms with Gasteiger partial charge in [0, 0.05) is 5.56 Å². The van der Waals surface area contributed by atoms with Crippen LogP contribution in [0.2, 0.25) is 0 Å². The van der Waals surface area contributed by atoms with Gasteiger partial charge in [0.15, 0.2) is 11.5 Å². The molecule has 0 spiro atoms. The van der Waals surface area contributed by atoms with Crippen molar-refractivity contribution in [2.45, 2.75) is 13.5 Å². The van der Waals surface area contributed by atoms with Gasteiger partial charge in [0.25, 0.3) is 0 Å². The Hall–Kier alpha value is -3.47. The third kappa shape index (κ3) is 3.90. The first-order chi connectivity index (χ1) is 14.2. The Balaban J connectivity index is 1.67. The zero-order valence-corrected chi connectivity index (χ0v) is 16.9. The van der Waals surface area contributed by atoms with Crippen molar-refractivity contribution in [3.8, 4) is 28.6 Å². The van der Waals surface area contributed by atoms with E-state index in [9.17, 15) is 0 Å². The Kier molecular flexibility index (Phi) is 5.38. The molecule has 0 aliphatic heterocycles. The molecule has 5 nitrogen and oxygen atoms in total. The molecule has 0 N–H and O–H groups in total. The molecule has 1 aromatic heterocycles. The first-order valence-corrected chi connectivity index (χ1v) is 9.56. The lowest BCUT2D eigenvalue weighted by Gasteiger charge is -2.13. The van der Waals surface area contributed by atoms with Gasteiger partial charge in [-0.3, -0.25) is 0 Å². The Labute approximate surface area is 170 Å². The Morgan fingerprint density at radius 2 is 1.69 bits per heavy atom. The smallest absolute Gasteiger partial charge is 0.161 e. The maximum atomic E-state index is 5.99. The number of nitrogens with zero attached hydrogens (tertiary/aromatic N) is 2. The molecule has 0 saturated heterocycles. The Morgan fingerprint density at radius 1 is 0.862 bits per heavy atom. The van der Waals surface area contributed by atoms with Gasteiger partial charge in [-0.05, 0) is 55.0 Å². The summed E-state index contributed by atoms with van der Waals surface area (Å²) in [5.41, 5.74) is 4.17. The molecule has 0 radical (unpaired) electrons. The van der Waals surface area contributed by atoms with E-state index in [4.69, 9.17) is 19.2 Å². The molecule has 0 bridgehead atoms. The van der Waals surface area contributed by atoms with Crippen molar-refractivity contribution in [3.63, 3.8) is 0 Å². The molecule has 0 amide bonds. The van der Waals surface area contributed by atoms with E-state index in [2.05, 4.69) is 23.6 Å². The SMILES string of the molecule is COc1ccc(-c2nc3ccccc3n2CCOc2cccc(C)c2)cc1OC. The second-order valence-electron chi connectivity index (χ2n) is 6.81. The van der Waals surface area contributed by atoms with Crippen LogP contribution in [0.5, 0.6) is 17.2 Å². The van der Waals surface area contributed by atoms with Crippen LogP contribution in [0, 0.1) is 6.92 Å². The highest BCUT2D eigenvalue weighted by Crippen LogP contribution is 2.33. The van der Waals surface area contributed by atoms with Crippen molar-refractivity contribution in [1.82, 2.24) is 9.55 Å². The molecule has 0 saturated carbocycles. The third-order valence-corrected chi connectivity index (χ3v) is 4.87. The number of methoxy groups -OCH3 is 2. The largest absolute Gasteiger partial charge is 0.493 e. The van der Waals surface area contributed by atoms with Crippen molar-refractivity contribution in [2.24, 2.45) is 0 Å². The molecule has 0 aliphatic carbocycles. The molecule has 5 heteroatoms. The number of fused-ring (bicyclic) bond motifs is 1. The first-order valence-electron chi connectivity index (χ1n) is 9.56.